The van der Waals surface area contributed by atoms with Crippen LogP contribution in [0.25, 0.3) is 0 Å². The SMILES string of the molecule is CC(C)OCCCCNC(=O)C1CCc2ccccc2N1. The zero-order chi connectivity index (χ0) is 15.1. The van der Waals surface area contributed by atoms with Gasteiger partial charge in [0, 0.05) is 18.8 Å². The van der Waals surface area contributed by atoms with Crippen molar-refractivity contribution >= 4 is 11.6 Å². The standard InChI is InChI=1S/C17H26N2O2/c1-13(2)21-12-6-5-11-18-17(20)16-10-9-14-7-3-4-8-15(14)19-16/h3-4,7-8,13,16,19H,5-6,9-12H2,1-2H3,(H,18,20). The third-order valence-electron chi connectivity index (χ3n) is 3.69. The third kappa shape index (κ3) is 5.05. The Labute approximate surface area is 127 Å². The van der Waals surface area contributed by atoms with Crippen molar-refractivity contribution in [2.45, 2.75) is 51.7 Å². The molecule has 4 heteroatoms. The highest BCUT2D eigenvalue weighted by molar-refractivity contribution is 5.85. The first-order valence-corrected chi connectivity index (χ1v) is 7.90. The number of nitrogens with one attached hydrogen (secondary N) is 2. The van der Waals surface area contributed by atoms with Crippen molar-refractivity contribution in [3.63, 3.8) is 0 Å². The first-order valence-electron chi connectivity index (χ1n) is 7.90. The highest BCUT2D eigenvalue weighted by atomic mass is 16.5. The molecule has 0 saturated heterocycles. The first kappa shape index (κ1) is 15.8. The number of rotatable bonds is 7. The van der Waals surface area contributed by atoms with Crippen LogP contribution in [0, 0.1) is 0 Å². The highest BCUT2D eigenvalue weighted by Gasteiger charge is 2.22. The van der Waals surface area contributed by atoms with E-state index in [0.717, 1.165) is 44.5 Å². The number of carbonyl (C=O) groups is 1. The maximum Gasteiger partial charge on any atom is 0.242 e. The van der Waals surface area contributed by atoms with Crippen LogP contribution in [0.5, 0.6) is 0 Å². The monoisotopic (exact) mass is 290 g/mol. The molecule has 2 rings (SSSR count). The van der Waals surface area contributed by atoms with Gasteiger partial charge in [0.15, 0.2) is 0 Å². The molecule has 0 aromatic heterocycles. The van der Waals surface area contributed by atoms with Crippen molar-refractivity contribution in [2.24, 2.45) is 0 Å². The fourth-order valence-electron chi connectivity index (χ4n) is 2.52. The van der Waals surface area contributed by atoms with Crippen LogP contribution in [0.15, 0.2) is 24.3 Å². The number of aryl methyl sites for hydroxylation is 1. The minimum absolute atomic E-state index is 0.105. The lowest BCUT2D eigenvalue weighted by Crippen LogP contribution is -2.42. The van der Waals surface area contributed by atoms with Crippen molar-refractivity contribution in [1.82, 2.24) is 5.32 Å². The normalized spacial score (nSPS) is 17.2. The third-order valence-corrected chi connectivity index (χ3v) is 3.69. The van der Waals surface area contributed by atoms with Gasteiger partial charge in [0.1, 0.15) is 6.04 Å². The van der Waals surface area contributed by atoms with Crippen molar-refractivity contribution in [2.75, 3.05) is 18.5 Å². The molecule has 0 saturated carbocycles. The molecule has 21 heavy (non-hydrogen) atoms. The number of unbranched alkanes of at least 4 members (excludes halogenated alkanes) is 1. The average Bonchev–Trinajstić information content (AvgIpc) is 2.49. The van der Waals surface area contributed by atoms with E-state index in [4.69, 9.17) is 4.74 Å². The van der Waals surface area contributed by atoms with Gasteiger partial charge in [-0.3, -0.25) is 4.79 Å². The summed E-state index contributed by atoms with van der Waals surface area (Å²) in [6, 6.07) is 8.09. The van der Waals surface area contributed by atoms with Crippen molar-refractivity contribution in [3.8, 4) is 0 Å². The molecule has 0 fully saturated rings. The number of anilines is 1. The molecule has 0 radical (unpaired) electrons. The molecule has 2 N–H and O–H groups in total. The molecule has 0 aliphatic carbocycles. The molecule has 4 nitrogen and oxygen atoms in total. The molecular weight excluding hydrogens is 264 g/mol. The maximum absolute atomic E-state index is 12.1. The van der Waals surface area contributed by atoms with Gasteiger partial charge in [-0.2, -0.15) is 0 Å². The predicted octanol–water partition coefficient (Wildman–Crippen LogP) is 2.73. The topological polar surface area (TPSA) is 50.4 Å². The van der Waals surface area contributed by atoms with Gasteiger partial charge in [-0.15, -0.1) is 0 Å². The Bertz CT molecular complexity index is 460. The van der Waals surface area contributed by atoms with E-state index in [-0.39, 0.29) is 18.1 Å². The Balaban J connectivity index is 1.66. The molecule has 1 aromatic carbocycles. The van der Waals surface area contributed by atoms with Gasteiger partial charge < -0.3 is 15.4 Å². The fraction of sp³-hybridized carbons (Fsp3) is 0.588. The minimum atomic E-state index is -0.105. The second-order valence-corrected chi connectivity index (χ2v) is 5.81. The molecule has 1 atom stereocenters. The number of carbonyl (C=O) groups excluding carboxylic acids is 1. The number of hydrogen-bond donors (Lipinski definition) is 2. The zero-order valence-corrected chi connectivity index (χ0v) is 13.0. The molecule has 1 aromatic rings. The number of benzene rings is 1. The summed E-state index contributed by atoms with van der Waals surface area (Å²) in [5.74, 6) is 0.106. The van der Waals surface area contributed by atoms with E-state index in [2.05, 4.69) is 16.7 Å². The van der Waals surface area contributed by atoms with Gasteiger partial charge in [-0.25, -0.2) is 0 Å². The zero-order valence-electron chi connectivity index (χ0n) is 13.0. The van der Waals surface area contributed by atoms with Crippen LogP contribution in [0.4, 0.5) is 5.69 Å². The van der Waals surface area contributed by atoms with Crippen LogP contribution < -0.4 is 10.6 Å². The average molecular weight is 290 g/mol. The van der Waals surface area contributed by atoms with Crippen LogP contribution in [0.1, 0.15) is 38.7 Å². The second-order valence-electron chi connectivity index (χ2n) is 5.81. The van der Waals surface area contributed by atoms with Crippen LogP contribution >= 0.6 is 0 Å². The Morgan fingerprint density at radius 1 is 1.38 bits per heavy atom. The van der Waals surface area contributed by atoms with E-state index in [1.165, 1.54) is 5.56 Å². The van der Waals surface area contributed by atoms with Gasteiger partial charge in [-0.05, 0) is 51.2 Å². The van der Waals surface area contributed by atoms with Gasteiger partial charge in [0.25, 0.3) is 0 Å². The van der Waals surface area contributed by atoms with E-state index in [9.17, 15) is 4.79 Å². The first-order chi connectivity index (χ1) is 10.2. The maximum atomic E-state index is 12.1. The van der Waals surface area contributed by atoms with Gasteiger partial charge in [0.05, 0.1) is 6.10 Å². The summed E-state index contributed by atoms with van der Waals surface area (Å²) in [7, 11) is 0. The van der Waals surface area contributed by atoms with E-state index in [1.807, 2.05) is 32.0 Å². The van der Waals surface area contributed by atoms with Crippen molar-refractivity contribution in [1.29, 1.82) is 0 Å². The number of para-hydroxylation sites is 1. The van der Waals surface area contributed by atoms with E-state index >= 15 is 0 Å². The van der Waals surface area contributed by atoms with Crippen LogP contribution in [-0.2, 0) is 16.0 Å². The summed E-state index contributed by atoms with van der Waals surface area (Å²) < 4.78 is 5.48. The summed E-state index contributed by atoms with van der Waals surface area (Å²) in [5, 5.41) is 6.34. The van der Waals surface area contributed by atoms with Crippen LogP contribution in [0.2, 0.25) is 0 Å². The molecule has 116 valence electrons. The Morgan fingerprint density at radius 2 is 2.19 bits per heavy atom. The summed E-state index contributed by atoms with van der Waals surface area (Å²) in [6.07, 6.45) is 4.05. The lowest BCUT2D eigenvalue weighted by molar-refractivity contribution is -0.122. The Kier molecular flexibility index (Phi) is 6.05. The summed E-state index contributed by atoms with van der Waals surface area (Å²) >= 11 is 0. The van der Waals surface area contributed by atoms with Gasteiger partial charge >= 0.3 is 0 Å². The lowest BCUT2D eigenvalue weighted by atomic mass is 9.98. The summed E-state index contributed by atoms with van der Waals surface area (Å²) in [5.41, 5.74) is 2.39. The van der Waals surface area contributed by atoms with E-state index < -0.39 is 0 Å². The van der Waals surface area contributed by atoms with Gasteiger partial charge in [0.2, 0.25) is 5.91 Å². The quantitative estimate of drug-likeness (QED) is 0.759. The molecule has 1 aliphatic heterocycles. The lowest BCUT2D eigenvalue weighted by Gasteiger charge is -2.26. The van der Waals surface area contributed by atoms with Crippen molar-refractivity contribution < 1.29 is 9.53 Å². The Morgan fingerprint density at radius 3 is 3.00 bits per heavy atom. The molecule has 1 aliphatic rings. The predicted molar refractivity (Wildman–Crippen MR) is 85.5 cm³/mol. The fourth-order valence-corrected chi connectivity index (χ4v) is 2.52. The van der Waals surface area contributed by atoms with E-state index in [1.54, 1.807) is 0 Å². The number of fused-ring (bicyclic) bond motifs is 1. The molecular formula is C17H26N2O2. The molecule has 0 spiro atoms. The van der Waals surface area contributed by atoms with Crippen LogP contribution in [-0.4, -0.2) is 31.2 Å². The number of amides is 1. The van der Waals surface area contributed by atoms with Gasteiger partial charge in [-0.1, -0.05) is 18.2 Å². The molecule has 1 amide bonds. The van der Waals surface area contributed by atoms with E-state index in [0.29, 0.717) is 0 Å². The van der Waals surface area contributed by atoms with Crippen LogP contribution in [0.3, 0.4) is 0 Å². The minimum Gasteiger partial charge on any atom is -0.379 e. The summed E-state index contributed by atoms with van der Waals surface area (Å²) in [4.78, 5) is 12.1. The van der Waals surface area contributed by atoms with Crippen molar-refractivity contribution in [3.05, 3.63) is 29.8 Å². The summed E-state index contributed by atoms with van der Waals surface area (Å²) in [6.45, 7) is 5.56. The Hall–Kier alpha value is -1.55. The number of ether oxygens (including phenoxy) is 1. The molecule has 0 bridgehead atoms. The largest absolute Gasteiger partial charge is 0.379 e. The smallest absolute Gasteiger partial charge is 0.242 e. The molecule has 1 unspecified atom stereocenters. The number of hydrogen-bond acceptors (Lipinski definition) is 3. The second kappa shape index (κ2) is 8.03. The highest BCUT2D eigenvalue weighted by Crippen LogP contribution is 2.24. The molecule has 1 heterocycles.